The van der Waals surface area contributed by atoms with Crippen LogP contribution in [-0.4, -0.2) is 46.2 Å². The highest BCUT2D eigenvalue weighted by atomic mass is 35.5. The molecule has 3 rings (SSSR count). The SMILES string of the molecule is Cc1nccn1-c1ncccc1NC(=O)CC1CNCCO1.Cl.Cl. The Morgan fingerprint density at radius 3 is 2.92 bits per heavy atom. The van der Waals surface area contributed by atoms with E-state index in [0.717, 1.165) is 12.4 Å². The molecule has 0 aromatic carbocycles. The van der Waals surface area contributed by atoms with Crippen molar-refractivity contribution < 1.29 is 9.53 Å². The van der Waals surface area contributed by atoms with Crippen LogP contribution in [0.25, 0.3) is 5.82 Å². The normalized spacial score (nSPS) is 16.6. The van der Waals surface area contributed by atoms with Crippen LogP contribution in [0.3, 0.4) is 0 Å². The van der Waals surface area contributed by atoms with E-state index in [4.69, 9.17) is 4.74 Å². The number of nitrogens with zero attached hydrogens (tertiary/aromatic N) is 3. The maximum atomic E-state index is 12.2. The van der Waals surface area contributed by atoms with Crippen molar-refractivity contribution in [1.29, 1.82) is 0 Å². The van der Waals surface area contributed by atoms with Crippen LogP contribution in [-0.2, 0) is 9.53 Å². The van der Waals surface area contributed by atoms with Gasteiger partial charge in [0.05, 0.1) is 24.8 Å². The first-order chi connectivity index (χ1) is 10.7. The van der Waals surface area contributed by atoms with Crippen molar-refractivity contribution in [2.45, 2.75) is 19.4 Å². The smallest absolute Gasteiger partial charge is 0.227 e. The number of carbonyl (C=O) groups is 1. The van der Waals surface area contributed by atoms with Gasteiger partial charge in [0.25, 0.3) is 0 Å². The number of hydrogen-bond donors (Lipinski definition) is 2. The molecule has 0 saturated carbocycles. The highest BCUT2D eigenvalue weighted by Gasteiger charge is 2.18. The van der Waals surface area contributed by atoms with Crippen molar-refractivity contribution in [2.24, 2.45) is 0 Å². The van der Waals surface area contributed by atoms with E-state index in [1.807, 2.05) is 23.8 Å². The molecular formula is C15H21Cl2N5O2. The number of imidazole rings is 1. The molecule has 0 spiro atoms. The van der Waals surface area contributed by atoms with Crippen LogP contribution in [0, 0.1) is 6.92 Å². The Balaban J connectivity index is 0.00000144. The molecule has 132 valence electrons. The Kier molecular flexibility index (Phi) is 8.14. The minimum atomic E-state index is -0.0827. The summed E-state index contributed by atoms with van der Waals surface area (Å²) in [6.45, 7) is 4.07. The maximum Gasteiger partial charge on any atom is 0.227 e. The van der Waals surface area contributed by atoms with E-state index in [9.17, 15) is 4.79 Å². The van der Waals surface area contributed by atoms with Gasteiger partial charge in [-0.1, -0.05) is 0 Å². The lowest BCUT2D eigenvalue weighted by atomic mass is 10.2. The molecule has 1 aliphatic rings. The maximum absolute atomic E-state index is 12.2. The third-order valence-corrected chi connectivity index (χ3v) is 3.53. The second-order valence-corrected chi connectivity index (χ2v) is 5.17. The summed E-state index contributed by atoms with van der Waals surface area (Å²) in [6, 6.07) is 3.63. The van der Waals surface area contributed by atoms with Crippen LogP contribution in [0.1, 0.15) is 12.2 Å². The van der Waals surface area contributed by atoms with Crippen molar-refractivity contribution in [2.75, 3.05) is 25.0 Å². The minimum absolute atomic E-state index is 0. The number of hydrogen-bond acceptors (Lipinski definition) is 5. The topological polar surface area (TPSA) is 81.1 Å². The molecular weight excluding hydrogens is 353 g/mol. The first kappa shape index (κ1) is 20.4. The number of aromatic nitrogens is 3. The molecule has 1 atom stereocenters. The molecule has 1 fully saturated rings. The number of morpholine rings is 1. The van der Waals surface area contributed by atoms with Gasteiger partial charge in [-0.05, 0) is 19.1 Å². The lowest BCUT2D eigenvalue weighted by Crippen LogP contribution is -2.40. The number of rotatable bonds is 4. The van der Waals surface area contributed by atoms with Crippen LogP contribution in [0.4, 0.5) is 5.69 Å². The molecule has 9 heteroatoms. The summed E-state index contributed by atoms with van der Waals surface area (Å²) in [5.74, 6) is 1.39. The molecule has 1 unspecified atom stereocenters. The van der Waals surface area contributed by atoms with Crippen LogP contribution >= 0.6 is 24.8 Å². The fourth-order valence-corrected chi connectivity index (χ4v) is 2.45. The molecule has 2 aromatic rings. The van der Waals surface area contributed by atoms with Crippen molar-refractivity contribution in [3.8, 4) is 5.82 Å². The number of amides is 1. The van der Waals surface area contributed by atoms with Gasteiger partial charge in [0.15, 0.2) is 5.82 Å². The van der Waals surface area contributed by atoms with Gasteiger partial charge in [0, 0.05) is 31.7 Å². The Morgan fingerprint density at radius 2 is 2.25 bits per heavy atom. The highest BCUT2D eigenvalue weighted by Crippen LogP contribution is 2.19. The van der Waals surface area contributed by atoms with E-state index in [-0.39, 0.29) is 36.8 Å². The van der Waals surface area contributed by atoms with Gasteiger partial charge in [0.2, 0.25) is 5.91 Å². The summed E-state index contributed by atoms with van der Waals surface area (Å²) >= 11 is 0. The van der Waals surface area contributed by atoms with E-state index in [1.54, 1.807) is 18.5 Å². The summed E-state index contributed by atoms with van der Waals surface area (Å²) in [7, 11) is 0. The van der Waals surface area contributed by atoms with Crippen molar-refractivity contribution >= 4 is 36.4 Å². The molecule has 2 N–H and O–H groups in total. The Morgan fingerprint density at radius 1 is 1.42 bits per heavy atom. The molecule has 2 aromatic heterocycles. The average Bonchev–Trinajstić information content (AvgIpc) is 2.95. The van der Waals surface area contributed by atoms with E-state index in [0.29, 0.717) is 31.1 Å². The molecule has 24 heavy (non-hydrogen) atoms. The van der Waals surface area contributed by atoms with Crippen molar-refractivity contribution in [3.05, 3.63) is 36.5 Å². The number of pyridine rings is 1. The van der Waals surface area contributed by atoms with Gasteiger partial charge in [0.1, 0.15) is 5.82 Å². The van der Waals surface area contributed by atoms with Crippen molar-refractivity contribution in [3.63, 3.8) is 0 Å². The summed E-state index contributed by atoms with van der Waals surface area (Å²) in [6.07, 6.45) is 5.46. The third-order valence-electron chi connectivity index (χ3n) is 3.53. The molecule has 3 heterocycles. The van der Waals surface area contributed by atoms with Crippen LogP contribution < -0.4 is 10.6 Å². The number of ether oxygens (including phenoxy) is 1. The monoisotopic (exact) mass is 373 g/mol. The molecule has 7 nitrogen and oxygen atoms in total. The fourth-order valence-electron chi connectivity index (χ4n) is 2.45. The summed E-state index contributed by atoms with van der Waals surface area (Å²) in [5, 5.41) is 6.13. The second kappa shape index (κ2) is 9.58. The zero-order valence-electron chi connectivity index (χ0n) is 13.3. The fraction of sp³-hybridized carbons (Fsp3) is 0.400. The Bertz CT molecular complexity index is 659. The molecule has 0 radical (unpaired) electrons. The Labute approximate surface area is 153 Å². The summed E-state index contributed by atoms with van der Waals surface area (Å²) < 4.78 is 7.40. The van der Waals surface area contributed by atoms with Crippen molar-refractivity contribution in [1.82, 2.24) is 19.9 Å². The predicted molar refractivity (Wildman–Crippen MR) is 96.4 cm³/mol. The first-order valence-electron chi connectivity index (χ1n) is 7.31. The largest absolute Gasteiger partial charge is 0.375 e. The second-order valence-electron chi connectivity index (χ2n) is 5.17. The van der Waals surface area contributed by atoms with Crippen LogP contribution in [0.15, 0.2) is 30.7 Å². The molecule has 1 saturated heterocycles. The third kappa shape index (κ3) is 4.91. The van der Waals surface area contributed by atoms with Crippen LogP contribution in [0.5, 0.6) is 0 Å². The average molecular weight is 374 g/mol. The highest BCUT2D eigenvalue weighted by molar-refractivity contribution is 5.92. The van der Waals surface area contributed by atoms with Crippen LogP contribution in [0.2, 0.25) is 0 Å². The lowest BCUT2D eigenvalue weighted by molar-refractivity contribution is -0.119. The number of anilines is 1. The van der Waals surface area contributed by atoms with E-state index in [1.165, 1.54) is 0 Å². The predicted octanol–water partition coefficient (Wildman–Crippen LogP) is 1.74. The van der Waals surface area contributed by atoms with E-state index < -0.39 is 0 Å². The quantitative estimate of drug-likeness (QED) is 0.852. The van der Waals surface area contributed by atoms with Gasteiger partial charge < -0.3 is 15.4 Å². The Hall–Kier alpha value is -1.67. The van der Waals surface area contributed by atoms with Gasteiger partial charge in [-0.2, -0.15) is 0 Å². The molecule has 1 amide bonds. The zero-order chi connectivity index (χ0) is 15.4. The molecule has 0 bridgehead atoms. The summed E-state index contributed by atoms with van der Waals surface area (Å²) in [4.78, 5) is 20.8. The van der Waals surface area contributed by atoms with E-state index in [2.05, 4.69) is 20.6 Å². The number of halogens is 2. The lowest BCUT2D eigenvalue weighted by Gasteiger charge is -2.23. The first-order valence-corrected chi connectivity index (χ1v) is 7.31. The van der Waals surface area contributed by atoms with Gasteiger partial charge in [-0.25, -0.2) is 9.97 Å². The van der Waals surface area contributed by atoms with Gasteiger partial charge >= 0.3 is 0 Å². The summed E-state index contributed by atoms with van der Waals surface area (Å²) in [5.41, 5.74) is 0.664. The minimum Gasteiger partial charge on any atom is -0.375 e. The van der Waals surface area contributed by atoms with E-state index >= 15 is 0 Å². The number of aryl methyl sites for hydroxylation is 1. The molecule has 1 aliphatic heterocycles. The van der Waals surface area contributed by atoms with Gasteiger partial charge in [-0.3, -0.25) is 9.36 Å². The standard InChI is InChI=1S/C15H19N5O2.2ClH/c1-11-17-5-7-20(11)15-13(3-2-4-18-15)19-14(21)9-12-10-16-6-8-22-12;;/h2-5,7,12,16H,6,8-10H2,1H3,(H,19,21);2*1H. The number of nitrogens with one attached hydrogen (secondary N) is 2. The van der Waals surface area contributed by atoms with Gasteiger partial charge in [-0.15, -0.1) is 24.8 Å². The zero-order valence-corrected chi connectivity index (χ0v) is 14.9. The number of carbonyl (C=O) groups excluding carboxylic acids is 1. The molecule has 0 aliphatic carbocycles.